The van der Waals surface area contributed by atoms with Crippen molar-refractivity contribution in [3.63, 3.8) is 0 Å². The Kier molecular flexibility index (Phi) is 5.27. The molecule has 1 aromatic rings. The molecule has 1 atom stereocenters. The molecule has 0 radical (unpaired) electrons. The molecule has 3 N–H and O–H groups in total. The molecule has 0 spiro atoms. The van der Waals surface area contributed by atoms with E-state index in [1.165, 1.54) is 0 Å². The Bertz CT molecular complexity index is 505. The molecular formula is C15H22N2O4. The van der Waals surface area contributed by atoms with E-state index in [9.17, 15) is 4.79 Å². The van der Waals surface area contributed by atoms with Crippen molar-refractivity contribution in [3.05, 3.63) is 17.7 Å². The second-order valence-corrected chi connectivity index (χ2v) is 5.06. The van der Waals surface area contributed by atoms with Crippen LogP contribution in [0, 0.1) is 0 Å². The Morgan fingerprint density at radius 1 is 1.43 bits per heavy atom. The number of benzene rings is 1. The van der Waals surface area contributed by atoms with Crippen LogP contribution in [0.25, 0.3) is 0 Å². The lowest BCUT2D eigenvalue weighted by Crippen LogP contribution is -2.36. The number of amides is 1. The maximum absolute atomic E-state index is 11.8. The van der Waals surface area contributed by atoms with Crippen LogP contribution in [-0.2, 0) is 11.3 Å². The largest absolute Gasteiger partial charge is 0.483 e. The van der Waals surface area contributed by atoms with Gasteiger partial charge in [0.05, 0.1) is 0 Å². The van der Waals surface area contributed by atoms with Gasteiger partial charge < -0.3 is 25.3 Å². The maximum atomic E-state index is 11.8. The molecule has 0 aliphatic carbocycles. The SMILES string of the molecule is CCCC(C)NC(=O)COc1cc2c(cc1CN)OCO2. The summed E-state index contributed by atoms with van der Waals surface area (Å²) < 4.78 is 16.2. The lowest BCUT2D eigenvalue weighted by molar-refractivity contribution is -0.123. The Morgan fingerprint density at radius 2 is 2.14 bits per heavy atom. The second-order valence-electron chi connectivity index (χ2n) is 5.06. The molecule has 1 amide bonds. The van der Waals surface area contributed by atoms with Gasteiger partial charge in [0.1, 0.15) is 5.75 Å². The predicted octanol–water partition coefficient (Wildman–Crippen LogP) is 1.56. The standard InChI is InChI=1S/C15H22N2O4/c1-3-4-10(2)17-15(18)8-19-12-6-14-13(20-9-21-14)5-11(12)7-16/h5-6,10H,3-4,7-9,16H2,1-2H3,(H,17,18). The predicted molar refractivity (Wildman–Crippen MR) is 78.5 cm³/mol. The number of fused-ring (bicyclic) bond motifs is 1. The maximum Gasteiger partial charge on any atom is 0.258 e. The van der Waals surface area contributed by atoms with Gasteiger partial charge in [-0.3, -0.25) is 4.79 Å². The van der Waals surface area contributed by atoms with Crippen molar-refractivity contribution >= 4 is 5.91 Å². The average molecular weight is 294 g/mol. The summed E-state index contributed by atoms with van der Waals surface area (Å²) in [6.07, 6.45) is 1.98. The smallest absolute Gasteiger partial charge is 0.258 e. The molecule has 6 heteroatoms. The lowest BCUT2D eigenvalue weighted by Gasteiger charge is -2.14. The number of rotatable bonds is 7. The molecule has 0 saturated carbocycles. The number of nitrogens with two attached hydrogens (primary N) is 1. The van der Waals surface area contributed by atoms with Gasteiger partial charge in [-0.25, -0.2) is 0 Å². The van der Waals surface area contributed by atoms with E-state index in [4.69, 9.17) is 19.9 Å². The molecule has 1 aliphatic heterocycles. The van der Waals surface area contributed by atoms with Crippen LogP contribution in [0.5, 0.6) is 17.2 Å². The highest BCUT2D eigenvalue weighted by atomic mass is 16.7. The minimum absolute atomic E-state index is 0.0410. The Labute approximate surface area is 124 Å². The molecule has 21 heavy (non-hydrogen) atoms. The number of hydrogen-bond donors (Lipinski definition) is 2. The van der Waals surface area contributed by atoms with Gasteiger partial charge in [-0.2, -0.15) is 0 Å². The summed E-state index contributed by atoms with van der Waals surface area (Å²) in [7, 11) is 0. The molecule has 1 aromatic carbocycles. The van der Waals surface area contributed by atoms with Gasteiger partial charge in [-0.15, -0.1) is 0 Å². The zero-order valence-corrected chi connectivity index (χ0v) is 12.5. The van der Waals surface area contributed by atoms with E-state index < -0.39 is 0 Å². The van der Waals surface area contributed by atoms with E-state index in [0.717, 1.165) is 18.4 Å². The van der Waals surface area contributed by atoms with Crippen LogP contribution >= 0.6 is 0 Å². The molecule has 1 unspecified atom stereocenters. The van der Waals surface area contributed by atoms with Gasteiger partial charge in [-0.05, 0) is 19.4 Å². The zero-order valence-electron chi connectivity index (χ0n) is 12.5. The van der Waals surface area contributed by atoms with Crippen LogP contribution in [-0.4, -0.2) is 25.3 Å². The summed E-state index contributed by atoms with van der Waals surface area (Å²) >= 11 is 0. The van der Waals surface area contributed by atoms with E-state index >= 15 is 0 Å². The van der Waals surface area contributed by atoms with E-state index in [0.29, 0.717) is 23.8 Å². The van der Waals surface area contributed by atoms with Crippen LogP contribution in [0.2, 0.25) is 0 Å². The Hall–Kier alpha value is -1.95. The first-order valence-corrected chi connectivity index (χ1v) is 7.18. The third-order valence-electron chi connectivity index (χ3n) is 3.26. The monoisotopic (exact) mass is 294 g/mol. The molecule has 0 bridgehead atoms. The van der Waals surface area contributed by atoms with Gasteiger partial charge >= 0.3 is 0 Å². The van der Waals surface area contributed by atoms with Gasteiger partial charge in [0.2, 0.25) is 6.79 Å². The lowest BCUT2D eigenvalue weighted by atomic mass is 10.2. The summed E-state index contributed by atoms with van der Waals surface area (Å²) in [5.41, 5.74) is 6.48. The van der Waals surface area contributed by atoms with E-state index in [-0.39, 0.29) is 25.3 Å². The first-order chi connectivity index (χ1) is 10.1. The molecule has 1 aliphatic rings. The summed E-state index contributed by atoms with van der Waals surface area (Å²) in [5.74, 6) is 1.68. The first kappa shape index (κ1) is 15.4. The highest BCUT2D eigenvalue weighted by Crippen LogP contribution is 2.37. The fourth-order valence-electron chi connectivity index (χ4n) is 2.22. The first-order valence-electron chi connectivity index (χ1n) is 7.18. The fourth-order valence-corrected chi connectivity index (χ4v) is 2.22. The van der Waals surface area contributed by atoms with E-state index in [1.807, 2.05) is 6.92 Å². The van der Waals surface area contributed by atoms with Crippen molar-refractivity contribution in [1.29, 1.82) is 0 Å². The molecule has 0 fully saturated rings. The number of carbonyl (C=O) groups is 1. The number of nitrogens with one attached hydrogen (secondary N) is 1. The Morgan fingerprint density at radius 3 is 2.81 bits per heavy atom. The van der Waals surface area contributed by atoms with Crippen molar-refractivity contribution in [2.45, 2.75) is 39.3 Å². The third kappa shape index (κ3) is 4.01. The third-order valence-corrected chi connectivity index (χ3v) is 3.26. The fraction of sp³-hybridized carbons (Fsp3) is 0.533. The van der Waals surface area contributed by atoms with Crippen LogP contribution in [0.15, 0.2) is 12.1 Å². The minimum Gasteiger partial charge on any atom is -0.483 e. The van der Waals surface area contributed by atoms with Crippen molar-refractivity contribution in [2.24, 2.45) is 5.73 Å². The highest BCUT2D eigenvalue weighted by Gasteiger charge is 2.18. The summed E-state index contributed by atoms with van der Waals surface area (Å²) in [4.78, 5) is 11.8. The molecular weight excluding hydrogens is 272 g/mol. The van der Waals surface area contributed by atoms with Gasteiger partial charge in [0, 0.05) is 24.2 Å². The second kappa shape index (κ2) is 7.17. The van der Waals surface area contributed by atoms with Gasteiger partial charge in [0.25, 0.3) is 5.91 Å². The molecule has 0 saturated heterocycles. The molecule has 2 rings (SSSR count). The molecule has 6 nitrogen and oxygen atoms in total. The summed E-state index contributed by atoms with van der Waals surface area (Å²) in [5, 5.41) is 2.89. The van der Waals surface area contributed by atoms with Crippen LogP contribution in [0.3, 0.4) is 0 Å². The van der Waals surface area contributed by atoms with Crippen molar-refractivity contribution in [3.8, 4) is 17.2 Å². The van der Waals surface area contributed by atoms with Crippen LogP contribution < -0.4 is 25.3 Å². The normalized spacial score (nSPS) is 13.9. The van der Waals surface area contributed by atoms with Crippen molar-refractivity contribution < 1.29 is 19.0 Å². The topological polar surface area (TPSA) is 82.8 Å². The van der Waals surface area contributed by atoms with Gasteiger partial charge in [0.15, 0.2) is 18.1 Å². The van der Waals surface area contributed by atoms with Crippen LogP contribution in [0.1, 0.15) is 32.3 Å². The summed E-state index contributed by atoms with van der Waals surface area (Å²) in [6, 6.07) is 3.65. The van der Waals surface area contributed by atoms with Crippen LogP contribution in [0.4, 0.5) is 0 Å². The molecule has 116 valence electrons. The number of hydrogen-bond acceptors (Lipinski definition) is 5. The van der Waals surface area contributed by atoms with Gasteiger partial charge in [-0.1, -0.05) is 13.3 Å². The molecule has 1 heterocycles. The number of ether oxygens (including phenoxy) is 3. The zero-order chi connectivity index (χ0) is 15.2. The van der Waals surface area contributed by atoms with Crippen molar-refractivity contribution in [1.82, 2.24) is 5.32 Å². The quantitative estimate of drug-likeness (QED) is 0.797. The average Bonchev–Trinajstić information content (AvgIpc) is 2.91. The van der Waals surface area contributed by atoms with Crippen molar-refractivity contribution in [2.75, 3.05) is 13.4 Å². The minimum atomic E-state index is -0.142. The summed E-state index contributed by atoms with van der Waals surface area (Å²) in [6.45, 7) is 4.52. The van der Waals surface area contributed by atoms with E-state index in [1.54, 1.807) is 12.1 Å². The molecule has 0 aromatic heterocycles. The highest BCUT2D eigenvalue weighted by molar-refractivity contribution is 5.77. The van der Waals surface area contributed by atoms with E-state index in [2.05, 4.69) is 12.2 Å². The number of carbonyl (C=O) groups excluding carboxylic acids is 1. The Balaban J connectivity index is 1.95.